The van der Waals surface area contributed by atoms with Gasteiger partial charge in [-0.3, -0.25) is 0 Å². The number of esters is 1. The second-order valence-electron chi connectivity index (χ2n) is 7.56. The summed E-state index contributed by atoms with van der Waals surface area (Å²) in [5.41, 5.74) is 6.13. The third-order valence-corrected chi connectivity index (χ3v) is 3.96. The minimum absolute atomic E-state index is 0.198. The number of nitrogens with two attached hydrogens (primary N) is 1. The standard InChI is InChI=1S/C19H29N3O4/c1-19(2,3)26-17(23)12-25-16-11-13(20)9-10-15(16)22-18(24)21-14-7-5-4-6-8-14/h9-11,14H,4-8,12,20H2,1-3H3,(H2,21,22,24). The summed E-state index contributed by atoms with van der Waals surface area (Å²) in [5.74, 6) is -0.160. The van der Waals surface area contributed by atoms with Crippen molar-refractivity contribution in [3.05, 3.63) is 18.2 Å². The van der Waals surface area contributed by atoms with Crippen LogP contribution in [-0.2, 0) is 9.53 Å². The zero-order chi connectivity index (χ0) is 19.2. The van der Waals surface area contributed by atoms with Crippen molar-refractivity contribution in [2.75, 3.05) is 17.7 Å². The topological polar surface area (TPSA) is 103 Å². The Bertz CT molecular complexity index is 634. The van der Waals surface area contributed by atoms with Crippen LogP contribution in [0.3, 0.4) is 0 Å². The monoisotopic (exact) mass is 363 g/mol. The zero-order valence-electron chi connectivity index (χ0n) is 15.8. The molecule has 4 N–H and O–H groups in total. The normalized spacial score (nSPS) is 15.2. The van der Waals surface area contributed by atoms with Gasteiger partial charge in [-0.2, -0.15) is 0 Å². The van der Waals surface area contributed by atoms with Crippen molar-refractivity contribution in [1.29, 1.82) is 0 Å². The minimum Gasteiger partial charge on any atom is -0.480 e. The molecular weight excluding hydrogens is 334 g/mol. The summed E-state index contributed by atoms with van der Waals surface area (Å²) < 4.78 is 10.7. The molecule has 1 aromatic rings. The summed E-state index contributed by atoms with van der Waals surface area (Å²) in [5, 5.41) is 5.75. The van der Waals surface area contributed by atoms with Crippen molar-refractivity contribution in [3.8, 4) is 5.75 Å². The van der Waals surface area contributed by atoms with Crippen LogP contribution in [0, 0.1) is 0 Å². The van der Waals surface area contributed by atoms with E-state index in [-0.39, 0.29) is 18.7 Å². The molecule has 2 rings (SSSR count). The van der Waals surface area contributed by atoms with E-state index in [0.717, 1.165) is 25.7 Å². The fourth-order valence-corrected chi connectivity index (χ4v) is 2.86. The van der Waals surface area contributed by atoms with Crippen molar-refractivity contribution in [1.82, 2.24) is 5.32 Å². The second kappa shape index (κ2) is 8.78. The Labute approximate surface area is 154 Å². The molecule has 0 saturated heterocycles. The van der Waals surface area contributed by atoms with Gasteiger partial charge in [0.15, 0.2) is 6.61 Å². The molecule has 0 spiro atoms. The number of benzene rings is 1. The highest BCUT2D eigenvalue weighted by atomic mass is 16.6. The van der Waals surface area contributed by atoms with Crippen molar-refractivity contribution < 1.29 is 19.1 Å². The van der Waals surface area contributed by atoms with E-state index in [2.05, 4.69) is 10.6 Å². The van der Waals surface area contributed by atoms with E-state index in [0.29, 0.717) is 17.1 Å². The zero-order valence-corrected chi connectivity index (χ0v) is 15.8. The first-order valence-corrected chi connectivity index (χ1v) is 9.04. The number of anilines is 2. The number of urea groups is 1. The van der Waals surface area contributed by atoms with Crippen molar-refractivity contribution in [3.63, 3.8) is 0 Å². The molecule has 1 saturated carbocycles. The molecule has 1 aliphatic carbocycles. The summed E-state index contributed by atoms with van der Waals surface area (Å²) in [6.07, 6.45) is 5.49. The molecule has 1 aliphatic rings. The Kier molecular flexibility index (Phi) is 6.71. The number of ether oxygens (including phenoxy) is 2. The Morgan fingerprint density at radius 2 is 1.88 bits per heavy atom. The maximum atomic E-state index is 12.2. The van der Waals surface area contributed by atoms with Crippen molar-refractivity contribution in [2.24, 2.45) is 0 Å². The number of hydrogen-bond donors (Lipinski definition) is 3. The number of carbonyl (C=O) groups excluding carboxylic acids is 2. The lowest BCUT2D eigenvalue weighted by atomic mass is 9.96. The van der Waals surface area contributed by atoms with Gasteiger partial charge in [-0.15, -0.1) is 0 Å². The third kappa shape index (κ3) is 6.82. The number of amides is 2. The molecule has 7 nitrogen and oxygen atoms in total. The highest BCUT2D eigenvalue weighted by molar-refractivity contribution is 5.91. The van der Waals surface area contributed by atoms with E-state index < -0.39 is 11.6 Å². The minimum atomic E-state index is -0.586. The first kappa shape index (κ1) is 19.9. The SMILES string of the molecule is CC(C)(C)OC(=O)COc1cc(N)ccc1NC(=O)NC1CCCCC1. The summed E-state index contributed by atoms with van der Waals surface area (Å²) in [4.78, 5) is 24.1. The number of rotatable bonds is 5. The van der Waals surface area contributed by atoms with E-state index in [1.165, 1.54) is 6.42 Å². The second-order valence-corrected chi connectivity index (χ2v) is 7.56. The average molecular weight is 363 g/mol. The smallest absolute Gasteiger partial charge is 0.344 e. The van der Waals surface area contributed by atoms with Crippen LogP contribution in [0.5, 0.6) is 5.75 Å². The van der Waals surface area contributed by atoms with Crippen LogP contribution in [0.15, 0.2) is 18.2 Å². The highest BCUT2D eigenvalue weighted by Crippen LogP contribution is 2.27. The molecule has 0 unspecified atom stereocenters. The number of nitrogens with one attached hydrogen (secondary N) is 2. The molecule has 0 aromatic heterocycles. The molecule has 1 fully saturated rings. The lowest BCUT2D eigenvalue weighted by Crippen LogP contribution is -2.39. The van der Waals surface area contributed by atoms with Gasteiger partial charge in [0.05, 0.1) is 5.69 Å². The van der Waals surface area contributed by atoms with E-state index in [1.54, 1.807) is 39.0 Å². The maximum absolute atomic E-state index is 12.2. The van der Waals surface area contributed by atoms with Crippen LogP contribution >= 0.6 is 0 Å². The number of nitrogen functional groups attached to an aromatic ring is 1. The summed E-state index contributed by atoms with van der Waals surface area (Å²) in [7, 11) is 0. The number of carbonyl (C=O) groups is 2. The van der Waals surface area contributed by atoms with E-state index in [4.69, 9.17) is 15.2 Å². The van der Waals surface area contributed by atoms with Gasteiger partial charge in [0, 0.05) is 17.8 Å². The van der Waals surface area contributed by atoms with Crippen LogP contribution < -0.4 is 21.1 Å². The molecule has 26 heavy (non-hydrogen) atoms. The van der Waals surface area contributed by atoms with E-state index in [1.807, 2.05) is 0 Å². The highest BCUT2D eigenvalue weighted by Gasteiger charge is 2.19. The van der Waals surface area contributed by atoms with Gasteiger partial charge in [-0.1, -0.05) is 19.3 Å². The average Bonchev–Trinajstić information content (AvgIpc) is 2.54. The van der Waals surface area contributed by atoms with Gasteiger partial charge in [0.1, 0.15) is 11.4 Å². The van der Waals surface area contributed by atoms with Gasteiger partial charge in [0.25, 0.3) is 0 Å². The molecule has 2 amide bonds. The van der Waals surface area contributed by atoms with E-state index >= 15 is 0 Å². The largest absolute Gasteiger partial charge is 0.480 e. The van der Waals surface area contributed by atoms with Crippen LogP contribution in [0.2, 0.25) is 0 Å². The maximum Gasteiger partial charge on any atom is 0.344 e. The lowest BCUT2D eigenvalue weighted by molar-refractivity contribution is -0.157. The predicted molar refractivity (Wildman–Crippen MR) is 101 cm³/mol. The first-order chi connectivity index (χ1) is 12.2. The summed E-state index contributed by atoms with van der Waals surface area (Å²) in [6, 6.07) is 4.80. The molecule has 7 heteroatoms. The summed E-state index contributed by atoms with van der Waals surface area (Å²) in [6.45, 7) is 5.09. The van der Waals surface area contributed by atoms with Gasteiger partial charge < -0.3 is 25.8 Å². The first-order valence-electron chi connectivity index (χ1n) is 9.04. The fourth-order valence-electron chi connectivity index (χ4n) is 2.86. The van der Waals surface area contributed by atoms with Gasteiger partial charge in [-0.05, 0) is 45.7 Å². The lowest BCUT2D eigenvalue weighted by Gasteiger charge is -2.23. The molecule has 1 aromatic carbocycles. The number of hydrogen-bond acceptors (Lipinski definition) is 5. The Hall–Kier alpha value is -2.44. The Morgan fingerprint density at radius 3 is 2.54 bits per heavy atom. The molecule has 0 bridgehead atoms. The van der Waals surface area contributed by atoms with Crippen LogP contribution in [0.1, 0.15) is 52.9 Å². The van der Waals surface area contributed by atoms with E-state index in [9.17, 15) is 9.59 Å². The van der Waals surface area contributed by atoms with Gasteiger partial charge in [0.2, 0.25) is 0 Å². The molecular formula is C19H29N3O4. The van der Waals surface area contributed by atoms with Crippen molar-refractivity contribution in [2.45, 2.75) is 64.5 Å². The van der Waals surface area contributed by atoms with Crippen LogP contribution in [0.25, 0.3) is 0 Å². The molecule has 144 valence electrons. The molecule has 0 radical (unpaired) electrons. The third-order valence-electron chi connectivity index (χ3n) is 3.96. The van der Waals surface area contributed by atoms with Gasteiger partial charge >= 0.3 is 12.0 Å². The van der Waals surface area contributed by atoms with Gasteiger partial charge in [-0.25, -0.2) is 9.59 Å². The Balaban J connectivity index is 1.95. The fraction of sp³-hybridized carbons (Fsp3) is 0.579. The van der Waals surface area contributed by atoms with Crippen LogP contribution in [-0.4, -0.2) is 30.3 Å². The molecule has 0 aliphatic heterocycles. The van der Waals surface area contributed by atoms with Crippen molar-refractivity contribution >= 4 is 23.4 Å². The Morgan fingerprint density at radius 1 is 1.19 bits per heavy atom. The quantitative estimate of drug-likeness (QED) is 0.549. The van der Waals surface area contributed by atoms with Crippen LogP contribution in [0.4, 0.5) is 16.2 Å². The molecule has 0 heterocycles. The predicted octanol–water partition coefficient (Wildman–Crippen LogP) is 3.44. The molecule has 0 atom stereocenters. The summed E-state index contributed by atoms with van der Waals surface area (Å²) >= 11 is 0.